The number of rotatable bonds is 12. The summed E-state index contributed by atoms with van der Waals surface area (Å²) in [6.07, 6.45) is 3.26. The average Bonchev–Trinajstić information content (AvgIpc) is 2.76. The number of nitro benzene ring substituents is 1. The van der Waals surface area contributed by atoms with Gasteiger partial charge in [-0.05, 0) is 44.7 Å². The molecule has 10 nitrogen and oxygen atoms in total. The molecule has 0 aliphatic carbocycles. The Morgan fingerprint density at radius 1 is 1.21 bits per heavy atom. The second-order valence-electron chi connectivity index (χ2n) is 8.01. The lowest BCUT2D eigenvalue weighted by atomic mass is 9.92. The van der Waals surface area contributed by atoms with Crippen LogP contribution in [-0.2, 0) is 9.53 Å². The van der Waals surface area contributed by atoms with Gasteiger partial charge in [-0.15, -0.1) is 0 Å². The number of urea groups is 1. The number of unbranched alkanes of at least 4 members (excludes halogenated alkanes) is 2. The molecule has 182 valence electrons. The molecule has 0 fully saturated rings. The Labute approximate surface area is 193 Å². The lowest BCUT2D eigenvalue weighted by molar-refractivity contribution is -0.386. The number of nitrogens with one attached hydrogen (secondary N) is 2. The zero-order valence-corrected chi connectivity index (χ0v) is 19.9. The minimum absolute atomic E-state index is 0.0152. The molecule has 1 aromatic rings. The van der Waals surface area contributed by atoms with Gasteiger partial charge in [0.1, 0.15) is 0 Å². The van der Waals surface area contributed by atoms with Crippen molar-refractivity contribution in [1.82, 2.24) is 10.6 Å². The molecule has 0 bridgehead atoms. The average molecular weight is 464 g/mol. The number of amides is 2. The normalized spacial score (nSPS) is 15.7. The Balaban J connectivity index is 2.64. The summed E-state index contributed by atoms with van der Waals surface area (Å²) in [5, 5.41) is 17.3. The number of benzene rings is 1. The molecule has 0 saturated carbocycles. The molecular weight excluding hydrogens is 430 g/mol. The van der Waals surface area contributed by atoms with Gasteiger partial charge >= 0.3 is 17.7 Å². The van der Waals surface area contributed by atoms with Crippen molar-refractivity contribution in [3.05, 3.63) is 39.1 Å². The van der Waals surface area contributed by atoms with Crippen LogP contribution in [0.5, 0.6) is 11.5 Å². The summed E-state index contributed by atoms with van der Waals surface area (Å²) in [5.74, 6) is -0.435. The summed E-state index contributed by atoms with van der Waals surface area (Å²) >= 11 is 0. The SMILES string of the molecule is CCCCOc1c(OC)cc(C2NC(=O)NC(CCCC)=C2C(=O)OC(C)C)cc1[N+](=O)[O-]. The molecule has 1 atom stereocenters. The van der Waals surface area contributed by atoms with Crippen molar-refractivity contribution in [1.29, 1.82) is 0 Å². The lowest BCUT2D eigenvalue weighted by Gasteiger charge is -2.30. The number of nitrogens with zero attached hydrogens (tertiary/aromatic N) is 1. The maximum absolute atomic E-state index is 13.0. The highest BCUT2D eigenvalue weighted by Gasteiger charge is 2.36. The van der Waals surface area contributed by atoms with Gasteiger partial charge in [-0.2, -0.15) is 0 Å². The molecular formula is C23H33N3O7. The molecule has 1 aromatic carbocycles. The summed E-state index contributed by atoms with van der Waals surface area (Å²) in [4.78, 5) is 36.7. The van der Waals surface area contributed by atoms with Crippen LogP contribution in [0, 0.1) is 10.1 Å². The van der Waals surface area contributed by atoms with Crippen molar-refractivity contribution < 1.29 is 28.7 Å². The van der Waals surface area contributed by atoms with E-state index in [2.05, 4.69) is 10.6 Å². The largest absolute Gasteiger partial charge is 0.493 e. The second kappa shape index (κ2) is 12.1. The van der Waals surface area contributed by atoms with Crippen molar-refractivity contribution in [2.24, 2.45) is 0 Å². The van der Waals surface area contributed by atoms with E-state index in [0.717, 1.165) is 25.7 Å². The number of hydrogen-bond donors (Lipinski definition) is 2. The fourth-order valence-electron chi connectivity index (χ4n) is 3.46. The van der Waals surface area contributed by atoms with Crippen LogP contribution in [0.4, 0.5) is 10.5 Å². The Bertz CT molecular complexity index is 912. The van der Waals surface area contributed by atoms with Gasteiger partial charge in [-0.3, -0.25) is 10.1 Å². The number of methoxy groups -OCH3 is 1. The van der Waals surface area contributed by atoms with Crippen LogP contribution >= 0.6 is 0 Å². The number of allylic oxidation sites excluding steroid dienone is 1. The molecule has 0 radical (unpaired) electrons. The molecule has 2 N–H and O–H groups in total. The van der Waals surface area contributed by atoms with E-state index in [1.54, 1.807) is 19.9 Å². The lowest BCUT2D eigenvalue weighted by Crippen LogP contribution is -2.46. The van der Waals surface area contributed by atoms with Gasteiger partial charge in [0.15, 0.2) is 5.75 Å². The van der Waals surface area contributed by atoms with Crippen LogP contribution in [-0.4, -0.2) is 36.7 Å². The number of nitro groups is 1. The fraction of sp³-hybridized carbons (Fsp3) is 0.565. The van der Waals surface area contributed by atoms with E-state index in [1.165, 1.54) is 13.2 Å². The van der Waals surface area contributed by atoms with Crippen LogP contribution in [0.2, 0.25) is 0 Å². The van der Waals surface area contributed by atoms with Crippen molar-refractivity contribution in [2.45, 2.75) is 71.9 Å². The smallest absolute Gasteiger partial charge is 0.338 e. The van der Waals surface area contributed by atoms with Crippen molar-refractivity contribution in [3.63, 3.8) is 0 Å². The first-order valence-electron chi connectivity index (χ1n) is 11.2. The zero-order valence-electron chi connectivity index (χ0n) is 19.9. The van der Waals surface area contributed by atoms with Crippen LogP contribution in [0.3, 0.4) is 0 Å². The van der Waals surface area contributed by atoms with Crippen LogP contribution in [0.25, 0.3) is 0 Å². The molecule has 0 spiro atoms. The third-order valence-corrected chi connectivity index (χ3v) is 5.05. The summed E-state index contributed by atoms with van der Waals surface area (Å²) in [7, 11) is 1.38. The standard InChI is InChI=1S/C23H33N3O7/c1-6-8-10-16-19(22(27)33-14(3)4)20(25-23(28)24-16)15-12-17(26(29)30)21(18(13-15)31-5)32-11-9-7-2/h12-14,20H,6-11H2,1-5H3,(H2,24,25,28). The van der Waals surface area contributed by atoms with Gasteiger partial charge in [0.05, 0.1) is 36.4 Å². The minimum atomic E-state index is -0.950. The van der Waals surface area contributed by atoms with Crippen LogP contribution in [0.1, 0.15) is 71.4 Å². The fourth-order valence-corrected chi connectivity index (χ4v) is 3.46. The van der Waals surface area contributed by atoms with E-state index in [4.69, 9.17) is 14.2 Å². The topological polar surface area (TPSA) is 129 Å². The summed E-state index contributed by atoms with van der Waals surface area (Å²) < 4.78 is 16.5. The number of carbonyl (C=O) groups is 2. The van der Waals surface area contributed by atoms with E-state index in [0.29, 0.717) is 24.3 Å². The first kappa shape index (κ1) is 26.0. The molecule has 0 saturated heterocycles. The molecule has 33 heavy (non-hydrogen) atoms. The highest BCUT2D eigenvalue weighted by molar-refractivity contribution is 5.95. The molecule has 1 unspecified atom stereocenters. The molecule has 2 rings (SSSR count). The van der Waals surface area contributed by atoms with E-state index in [-0.39, 0.29) is 28.9 Å². The van der Waals surface area contributed by atoms with E-state index >= 15 is 0 Å². The van der Waals surface area contributed by atoms with Crippen molar-refractivity contribution in [3.8, 4) is 11.5 Å². The molecule has 1 aliphatic heterocycles. The van der Waals surface area contributed by atoms with Crippen molar-refractivity contribution in [2.75, 3.05) is 13.7 Å². The first-order chi connectivity index (χ1) is 15.7. The molecule has 1 heterocycles. The first-order valence-corrected chi connectivity index (χ1v) is 11.2. The van der Waals surface area contributed by atoms with Crippen molar-refractivity contribution >= 4 is 17.7 Å². The minimum Gasteiger partial charge on any atom is -0.493 e. The summed E-state index contributed by atoms with van der Waals surface area (Å²) in [6.45, 7) is 7.73. The van der Waals surface area contributed by atoms with E-state index < -0.39 is 23.0 Å². The van der Waals surface area contributed by atoms with Gasteiger partial charge in [-0.25, -0.2) is 9.59 Å². The number of hydrogen-bond acceptors (Lipinski definition) is 7. The predicted molar refractivity (Wildman–Crippen MR) is 122 cm³/mol. The zero-order chi connectivity index (χ0) is 24.5. The Morgan fingerprint density at radius 3 is 2.48 bits per heavy atom. The third kappa shape index (κ3) is 6.59. The van der Waals surface area contributed by atoms with E-state index in [9.17, 15) is 19.7 Å². The Morgan fingerprint density at radius 2 is 1.91 bits per heavy atom. The maximum atomic E-state index is 13.0. The van der Waals surface area contributed by atoms with Gasteiger partial charge in [0.25, 0.3) is 0 Å². The molecule has 0 aromatic heterocycles. The van der Waals surface area contributed by atoms with Crippen LogP contribution < -0.4 is 20.1 Å². The number of esters is 1. The quantitative estimate of drug-likeness (QED) is 0.202. The monoisotopic (exact) mass is 463 g/mol. The Kier molecular flexibility index (Phi) is 9.50. The highest BCUT2D eigenvalue weighted by atomic mass is 16.6. The van der Waals surface area contributed by atoms with Gasteiger partial charge in [-0.1, -0.05) is 26.7 Å². The van der Waals surface area contributed by atoms with E-state index in [1.807, 2.05) is 13.8 Å². The van der Waals surface area contributed by atoms with Gasteiger partial charge in [0.2, 0.25) is 5.75 Å². The third-order valence-electron chi connectivity index (χ3n) is 5.05. The molecule has 10 heteroatoms. The number of ether oxygens (including phenoxy) is 3. The molecule has 2 amide bonds. The predicted octanol–water partition coefficient (Wildman–Crippen LogP) is 4.53. The van der Waals surface area contributed by atoms with Gasteiger partial charge in [0, 0.05) is 11.8 Å². The van der Waals surface area contributed by atoms with Gasteiger partial charge < -0.3 is 24.8 Å². The number of carbonyl (C=O) groups excluding carboxylic acids is 2. The summed E-state index contributed by atoms with van der Waals surface area (Å²) in [6, 6.07) is 1.40. The molecule has 1 aliphatic rings. The maximum Gasteiger partial charge on any atom is 0.338 e. The van der Waals surface area contributed by atoms with Crippen LogP contribution in [0.15, 0.2) is 23.4 Å². The highest BCUT2D eigenvalue weighted by Crippen LogP contribution is 2.42. The second-order valence-corrected chi connectivity index (χ2v) is 8.01. The Hall–Kier alpha value is -3.30. The summed E-state index contributed by atoms with van der Waals surface area (Å²) in [5.41, 5.74) is 0.676.